The number of nitrogens with zero attached hydrogens (tertiary/aromatic N) is 1. The van der Waals surface area contributed by atoms with E-state index >= 15 is 0 Å². The molecule has 2 heteroatoms. The standard InChI is InChI=1S/C14H30N2/c1-4-5-8-11-16(3)12-14(15-2)13-9-6-7-10-13/h13-15H,4-12H2,1-3H3. The van der Waals surface area contributed by atoms with Gasteiger partial charge in [-0.3, -0.25) is 0 Å². The zero-order chi connectivity index (χ0) is 11.8. The normalized spacial score (nSPS) is 19.5. The Labute approximate surface area is 102 Å². The average molecular weight is 226 g/mol. The molecule has 2 nitrogen and oxygen atoms in total. The van der Waals surface area contributed by atoms with Gasteiger partial charge < -0.3 is 10.2 Å². The van der Waals surface area contributed by atoms with Crippen molar-refractivity contribution in [1.29, 1.82) is 0 Å². The van der Waals surface area contributed by atoms with Gasteiger partial charge in [-0.15, -0.1) is 0 Å². The Bertz CT molecular complexity index is 164. The van der Waals surface area contributed by atoms with Crippen LogP contribution < -0.4 is 5.32 Å². The fraction of sp³-hybridized carbons (Fsp3) is 1.00. The van der Waals surface area contributed by atoms with Gasteiger partial charge in [-0.1, -0.05) is 32.6 Å². The maximum atomic E-state index is 3.52. The molecule has 0 bridgehead atoms. The number of unbranched alkanes of at least 4 members (excludes halogenated alkanes) is 2. The van der Waals surface area contributed by atoms with Crippen LogP contribution in [-0.2, 0) is 0 Å². The Morgan fingerprint density at radius 3 is 2.50 bits per heavy atom. The summed E-state index contributed by atoms with van der Waals surface area (Å²) in [7, 11) is 4.40. The van der Waals surface area contributed by atoms with Crippen LogP contribution in [0.25, 0.3) is 0 Å². The van der Waals surface area contributed by atoms with Crippen LogP contribution in [0.1, 0.15) is 51.9 Å². The van der Waals surface area contributed by atoms with Crippen molar-refractivity contribution in [3.63, 3.8) is 0 Å². The maximum Gasteiger partial charge on any atom is 0.0220 e. The van der Waals surface area contributed by atoms with E-state index < -0.39 is 0 Å². The van der Waals surface area contributed by atoms with Gasteiger partial charge in [0.2, 0.25) is 0 Å². The summed E-state index contributed by atoms with van der Waals surface area (Å²) in [5.41, 5.74) is 0. The molecule has 0 aromatic rings. The first-order chi connectivity index (χ1) is 7.77. The molecule has 1 aliphatic carbocycles. The Morgan fingerprint density at radius 1 is 1.25 bits per heavy atom. The summed E-state index contributed by atoms with van der Waals surface area (Å²) in [6.07, 6.45) is 9.82. The lowest BCUT2D eigenvalue weighted by atomic mass is 9.98. The molecule has 16 heavy (non-hydrogen) atoms. The summed E-state index contributed by atoms with van der Waals surface area (Å²) in [6.45, 7) is 4.76. The highest BCUT2D eigenvalue weighted by Gasteiger charge is 2.24. The van der Waals surface area contributed by atoms with Crippen LogP contribution in [0.15, 0.2) is 0 Å². The van der Waals surface area contributed by atoms with Crippen molar-refractivity contribution in [2.45, 2.75) is 57.9 Å². The van der Waals surface area contributed by atoms with Crippen LogP contribution in [0.4, 0.5) is 0 Å². The zero-order valence-electron chi connectivity index (χ0n) is 11.5. The van der Waals surface area contributed by atoms with Gasteiger partial charge in [0, 0.05) is 12.6 Å². The average Bonchev–Trinajstić information content (AvgIpc) is 2.79. The van der Waals surface area contributed by atoms with Crippen molar-refractivity contribution in [3.8, 4) is 0 Å². The topological polar surface area (TPSA) is 15.3 Å². The van der Waals surface area contributed by atoms with Crippen LogP contribution in [0.3, 0.4) is 0 Å². The molecule has 1 rings (SSSR count). The molecule has 1 aliphatic rings. The summed E-state index contributed by atoms with van der Waals surface area (Å²) in [5.74, 6) is 0.929. The van der Waals surface area contributed by atoms with E-state index in [1.807, 2.05) is 0 Å². The largest absolute Gasteiger partial charge is 0.315 e. The van der Waals surface area contributed by atoms with E-state index in [1.54, 1.807) is 0 Å². The van der Waals surface area contributed by atoms with Crippen LogP contribution in [0.2, 0.25) is 0 Å². The molecular formula is C14H30N2. The molecule has 0 heterocycles. The molecule has 96 valence electrons. The molecule has 0 radical (unpaired) electrons. The summed E-state index contributed by atoms with van der Waals surface area (Å²) >= 11 is 0. The molecule has 1 unspecified atom stereocenters. The molecule has 1 atom stereocenters. The highest BCUT2D eigenvalue weighted by molar-refractivity contribution is 4.81. The number of hydrogen-bond acceptors (Lipinski definition) is 2. The lowest BCUT2D eigenvalue weighted by Gasteiger charge is -2.28. The quantitative estimate of drug-likeness (QED) is 0.640. The third-order valence-corrected chi connectivity index (χ3v) is 3.99. The van der Waals surface area contributed by atoms with E-state index in [0.717, 1.165) is 5.92 Å². The fourth-order valence-corrected chi connectivity index (χ4v) is 2.89. The molecule has 1 N–H and O–H groups in total. The molecule has 0 amide bonds. The Hall–Kier alpha value is -0.0800. The van der Waals surface area contributed by atoms with Crippen LogP contribution >= 0.6 is 0 Å². The third-order valence-electron chi connectivity index (χ3n) is 3.99. The van der Waals surface area contributed by atoms with Gasteiger partial charge in [0.05, 0.1) is 0 Å². The van der Waals surface area contributed by atoms with E-state index in [9.17, 15) is 0 Å². The van der Waals surface area contributed by atoms with Crippen LogP contribution in [0.5, 0.6) is 0 Å². The van der Waals surface area contributed by atoms with Gasteiger partial charge in [0.15, 0.2) is 0 Å². The van der Waals surface area contributed by atoms with Gasteiger partial charge in [-0.25, -0.2) is 0 Å². The smallest absolute Gasteiger partial charge is 0.0220 e. The molecule has 0 spiro atoms. The number of likely N-dealkylation sites (N-methyl/N-ethyl adjacent to an activating group) is 2. The van der Waals surface area contributed by atoms with E-state index in [4.69, 9.17) is 0 Å². The van der Waals surface area contributed by atoms with E-state index in [0.29, 0.717) is 6.04 Å². The van der Waals surface area contributed by atoms with E-state index in [-0.39, 0.29) is 0 Å². The first-order valence-electron chi connectivity index (χ1n) is 7.13. The zero-order valence-corrected chi connectivity index (χ0v) is 11.5. The molecular weight excluding hydrogens is 196 g/mol. The van der Waals surface area contributed by atoms with Crippen molar-refractivity contribution in [2.75, 3.05) is 27.2 Å². The SMILES string of the molecule is CCCCCN(C)CC(NC)C1CCCC1. The minimum absolute atomic E-state index is 0.717. The highest BCUT2D eigenvalue weighted by Crippen LogP contribution is 2.27. The number of rotatable bonds is 8. The molecule has 0 aromatic carbocycles. The van der Waals surface area contributed by atoms with E-state index in [1.165, 1.54) is 58.0 Å². The summed E-state index contributed by atoms with van der Waals surface area (Å²) < 4.78 is 0. The molecule has 0 aliphatic heterocycles. The van der Waals surface area contributed by atoms with Crippen molar-refractivity contribution in [1.82, 2.24) is 10.2 Å². The Morgan fingerprint density at radius 2 is 1.94 bits per heavy atom. The summed E-state index contributed by atoms with van der Waals surface area (Å²) in [5, 5.41) is 3.52. The molecule has 1 fully saturated rings. The van der Waals surface area contributed by atoms with Crippen molar-refractivity contribution in [2.24, 2.45) is 5.92 Å². The molecule has 0 saturated heterocycles. The highest BCUT2D eigenvalue weighted by atomic mass is 15.1. The minimum atomic E-state index is 0.717. The second-order valence-electron chi connectivity index (χ2n) is 5.41. The predicted molar refractivity (Wildman–Crippen MR) is 71.8 cm³/mol. The van der Waals surface area contributed by atoms with Crippen LogP contribution in [-0.4, -0.2) is 38.1 Å². The molecule has 1 saturated carbocycles. The fourth-order valence-electron chi connectivity index (χ4n) is 2.89. The Kier molecular flexibility index (Phi) is 7.06. The summed E-state index contributed by atoms with van der Waals surface area (Å²) in [6, 6.07) is 0.717. The van der Waals surface area contributed by atoms with Gasteiger partial charge in [0.1, 0.15) is 0 Å². The van der Waals surface area contributed by atoms with Gasteiger partial charge in [-0.2, -0.15) is 0 Å². The summed E-state index contributed by atoms with van der Waals surface area (Å²) in [4.78, 5) is 2.51. The van der Waals surface area contributed by atoms with Gasteiger partial charge in [-0.05, 0) is 45.8 Å². The predicted octanol–water partition coefficient (Wildman–Crippen LogP) is 2.89. The lowest BCUT2D eigenvalue weighted by Crippen LogP contribution is -2.42. The second-order valence-corrected chi connectivity index (χ2v) is 5.41. The first kappa shape index (κ1) is 14.0. The van der Waals surface area contributed by atoms with Crippen molar-refractivity contribution < 1.29 is 0 Å². The number of nitrogens with one attached hydrogen (secondary N) is 1. The van der Waals surface area contributed by atoms with E-state index in [2.05, 4.69) is 31.2 Å². The Balaban J connectivity index is 2.20. The molecule has 0 aromatic heterocycles. The van der Waals surface area contributed by atoms with Crippen LogP contribution in [0, 0.1) is 5.92 Å². The monoisotopic (exact) mass is 226 g/mol. The lowest BCUT2D eigenvalue weighted by molar-refractivity contribution is 0.245. The number of hydrogen-bond donors (Lipinski definition) is 1. The first-order valence-corrected chi connectivity index (χ1v) is 7.13. The third kappa shape index (κ3) is 4.84. The van der Waals surface area contributed by atoms with Crippen molar-refractivity contribution >= 4 is 0 Å². The minimum Gasteiger partial charge on any atom is -0.315 e. The van der Waals surface area contributed by atoms with Crippen molar-refractivity contribution in [3.05, 3.63) is 0 Å². The van der Waals surface area contributed by atoms with Gasteiger partial charge in [0.25, 0.3) is 0 Å². The van der Waals surface area contributed by atoms with Gasteiger partial charge >= 0.3 is 0 Å². The second kappa shape index (κ2) is 8.08. The maximum absolute atomic E-state index is 3.52.